The van der Waals surface area contributed by atoms with Crippen LogP contribution in [0.3, 0.4) is 0 Å². The molecule has 240 valence electrons. The van der Waals surface area contributed by atoms with E-state index in [4.69, 9.17) is 9.47 Å². The summed E-state index contributed by atoms with van der Waals surface area (Å²) >= 11 is 0. The highest BCUT2D eigenvalue weighted by atomic mass is 16.5. The maximum absolute atomic E-state index is 13.2. The van der Waals surface area contributed by atoms with Gasteiger partial charge in [0.1, 0.15) is 17.2 Å². The first kappa shape index (κ1) is 31.2. The second kappa shape index (κ2) is 13.7. The molecule has 10 nitrogen and oxygen atoms in total. The lowest BCUT2D eigenvalue weighted by Gasteiger charge is -2.32. The summed E-state index contributed by atoms with van der Waals surface area (Å²) in [7, 11) is 5.37. The quantitative estimate of drug-likeness (QED) is 0.184. The van der Waals surface area contributed by atoms with Gasteiger partial charge in [-0.1, -0.05) is 0 Å². The molecule has 2 N–H and O–H groups in total. The molecule has 2 aromatic heterocycles. The van der Waals surface area contributed by atoms with Crippen molar-refractivity contribution in [3.63, 3.8) is 0 Å². The van der Waals surface area contributed by atoms with Crippen molar-refractivity contribution in [2.75, 3.05) is 64.6 Å². The van der Waals surface area contributed by atoms with E-state index in [0.29, 0.717) is 28.4 Å². The molecule has 0 atom stereocenters. The van der Waals surface area contributed by atoms with Gasteiger partial charge in [0.2, 0.25) is 0 Å². The monoisotopic (exact) mass is 621 g/mol. The number of carbonyl (C=O) groups is 1. The molecular weight excluding hydrogens is 578 g/mol. The molecule has 1 aliphatic rings. The number of hydrogen-bond donors (Lipinski definition) is 2. The number of aryl methyl sites for hydroxylation is 2. The minimum atomic E-state index is -0.229. The summed E-state index contributed by atoms with van der Waals surface area (Å²) in [6, 6.07) is 17.6. The highest BCUT2D eigenvalue weighted by Gasteiger charge is 2.17. The van der Waals surface area contributed by atoms with E-state index in [-0.39, 0.29) is 5.91 Å². The first-order valence-electron chi connectivity index (χ1n) is 15.8. The average Bonchev–Trinajstić information content (AvgIpc) is 3.69. The second-order valence-corrected chi connectivity index (χ2v) is 11.9. The summed E-state index contributed by atoms with van der Waals surface area (Å²) in [6.45, 7) is 11.2. The van der Waals surface area contributed by atoms with Gasteiger partial charge in [-0.3, -0.25) is 9.36 Å². The number of nitrogens with zero attached hydrogens (tertiary/aromatic N) is 5. The van der Waals surface area contributed by atoms with Gasteiger partial charge >= 0.3 is 0 Å². The zero-order chi connectivity index (χ0) is 32.2. The van der Waals surface area contributed by atoms with Gasteiger partial charge in [0.25, 0.3) is 5.91 Å². The Balaban J connectivity index is 1.11. The number of imidazole rings is 1. The number of nitrogens with one attached hydrogen (secondary N) is 2. The van der Waals surface area contributed by atoms with E-state index in [0.717, 1.165) is 57.1 Å². The van der Waals surface area contributed by atoms with Gasteiger partial charge in [0, 0.05) is 96.5 Å². The van der Waals surface area contributed by atoms with Gasteiger partial charge in [-0.2, -0.15) is 0 Å². The van der Waals surface area contributed by atoms with Crippen LogP contribution in [-0.4, -0.2) is 83.8 Å². The van der Waals surface area contributed by atoms with Gasteiger partial charge in [-0.15, -0.1) is 0 Å². The molecule has 0 saturated carbocycles. The number of benzene rings is 3. The van der Waals surface area contributed by atoms with Crippen LogP contribution < -0.4 is 20.1 Å². The first-order valence-corrected chi connectivity index (χ1v) is 15.8. The van der Waals surface area contributed by atoms with E-state index in [1.165, 1.54) is 22.2 Å². The Morgan fingerprint density at radius 1 is 0.870 bits per heavy atom. The molecule has 46 heavy (non-hydrogen) atoms. The summed E-state index contributed by atoms with van der Waals surface area (Å²) in [5, 5.41) is 7.75. The molecule has 0 spiro atoms. The molecule has 0 radical (unpaired) electrons. The lowest BCUT2D eigenvalue weighted by molar-refractivity contribution is 0.102. The lowest BCUT2D eigenvalue weighted by atomic mass is 10.1. The number of fused-ring (bicyclic) bond motifs is 1. The maximum Gasteiger partial charge on any atom is 0.255 e. The van der Waals surface area contributed by atoms with Gasteiger partial charge in [0.05, 0.1) is 20.5 Å². The zero-order valence-corrected chi connectivity index (χ0v) is 27.3. The number of carbonyl (C=O) groups excluding carboxylic acids is 1. The fourth-order valence-corrected chi connectivity index (χ4v) is 6.23. The Kier molecular flexibility index (Phi) is 9.28. The third-order valence-electron chi connectivity index (χ3n) is 9.03. The van der Waals surface area contributed by atoms with Crippen LogP contribution in [0, 0.1) is 13.8 Å². The standard InChI is InChI=1S/C36H43N7O3/c1-25-26(2)43(15-6-14-41-19-17-40(3)18-20-41)32-12-11-29(21-31(25)32)38-28-9-7-27(8-10-28)36(44)39-30-22-33(45-4)35(34(23-30)46-5)42-16-13-37-24-42/h7-13,16,21-24,38H,6,14-15,17-20H2,1-5H3,(H,39,44). The molecule has 10 heteroatoms. The molecule has 1 saturated heterocycles. The molecule has 6 rings (SSSR count). The SMILES string of the molecule is COc1cc(NC(=O)c2ccc(Nc3ccc4c(c3)c(C)c(C)n4CCCN3CCN(C)CC3)cc2)cc(OC)c1-n1ccnc1. The van der Waals surface area contributed by atoms with Crippen molar-refractivity contribution in [3.8, 4) is 17.2 Å². The number of hydrogen-bond acceptors (Lipinski definition) is 7. The van der Waals surface area contributed by atoms with Crippen LogP contribution in [0.15, 0.2) is 73.3 Å². The van der Waals surface area contributed by atoms with Crippen LogP contribution in [0.2, 0.25) is 0 Å². The molecule has 1 aliphatic heterocycles. The Morgan fingerprint density at radius 2 is 1.57 bits per heavy atom. The van der Waals surface area contributed by atoms with E-state index < -0.39 is 0 Å². The lowest BCUT2D eigenvalue weighted by Crippen LogP contribution is -2.44. The molecule has 0 unspecified atom stereocenters. The van der Waals surface area contributed by atoms with Crippen LogP contribution in [0.4, 0.5) is 17.1 Å². The number of piperazine rings is 1. The zero-order valence-electron chi connectivity index (χ0n) is 27.3. The van der Waals surface area contributed by atoms with Crippen molar-refractivity contribution in [3.05, 3.63) is 90.1 Å². The van der Waals surface area contributed by atoms with Crippen LogP contribution in [0.5, 0.6) is 11.5 Å². The number of likely N-dealkylation sites (N-methyl/N-ethyl adjacent to an activating group) is 1. The van der Waals surface area contributed by atoms with Gasteiger partial charge < -0.3 is 34.5 Å². The summed E-state index contributed by atoms with van der Waals surface area (Å²) in [5.41, 5.74) is 7.65. The number of ether oxygens (including phenoxy) is 2. The van der Waals surface area contributed by atoms with E-state index in [1.54, 1.807) is 43.4 Å². The second-order valence-electron chi connectivity index (χ2n) is 11.9. The highest BCUT2D eigenvalue weighted by Crippen LogP contribution is 2.36. The molecule has 5 aromatic rings. The number of methoxy groups -OCH3 is 2. The first-order chi connectivity index (χ1) is 22.3. The smallest absolute Gasteiger partial charge is 0.255 e. The molecule has 0 bridgehead atoms. The fraction of sp³-hybridized carbons (Fsp3) is 0.333. The van der Waals surface area contributed by atoms with Crippen LogP contribution >= 0.6 is 0 Å². The Bertz CT molecular complexity index is 1780. The third-order valence-corrected chi connectivity index (χ3v) is 9.03. The fourth-order valence-electron chi connectivity index (χ4n) is 6.23. The van der Waals surface area contributed by atoms with Gasteiger partial charge in [-0.05, 0) is 81.9 Å². The normalized spacial score (nSPS) is 14.0. The van der Waals surface area contributed by atoms with Crippen molar-refractivity contribution >= 4 is 33.9 Å². The number of anilines is 3. The molecule has 0 aliphatic carbocycles. The van der Waals surface area contributed by atoms with Gasteiger partial charge in [0.15, 0.2) is 0 Å². The number of aromatic nitrogens is 3. The molecule has 3 heterocycles. The van der Waals surface area contributed by atoms with Crippen LogP contribution in [-0.2, 0) is 6.54 Å². The minimum absolute atomic E-state index is 0.229. The minimum Gasteiger partial charge on any atom is -0.494 e. The largest absolute Gasteiger partial charge is 0.494 e. The predicted molar refractivity (Wildman–Crippen MR) is 184 cm³/mol. The Hall–Kier alpha value is -4.80. The molecule has 1 fully saturated rings. The Labute approximate surface area is 270 Å². The van der Waals surface area contributed by atoms with Gasteiger partial charge in [-0.25, -0.2) is 4.98 Å². The van der Waals surface area contributed by atoms with Crippen LogP contribution in [0.1, 0.15) is 28.0 Å². The summed E-state index contributed by atoms with van der Waals surface area (Å²) in [5.74, 6) is 0.874. The summed E-state index contributed by atoms with van der Waals surface area (Å²) in [4.78, 5) is 22.3. The van der Waals surface area contributed by atoms with E-state index >= 15 is 0 Å². The van der Waals surface area contributed by atoms with Crippen LogP contribution in [0.25, 0.3) is 16.6 Å². The van der Waals surface area contributed by atoms with Crippen molar-refractivity contribution < 1.29 is 14.3 Å². The number of amides is 1. The average molecular weight is 622 g/mol. The highest BCUT2D eigenvalue weighted by molar-refractivity contribution is 6.05. The summed E-state index contributed by atoms with van der Waals surface area (Å²) in [6.07, 6.45) is 6.30. The van der Waals surface area contributed by atoms with Crippen molar-refractivity contribution in [2.45, 2.75) is 26.8 Å². The van der Waals surface area contributed by atoms with E-state index in [9.17, 15) is 4.79 Å². The van der Waals surface area contributed by atoms with E-state index in [2.05, 4.69) is 69.1 Å². The molecular formula is C36H43N7O3. The van der Waals surface area contributed by atoms with Crippen molar-refractivity contribution in [1.29, 1.82) is 0 Å². The molecule has 3 aromatic carbocycles. The summed E-state index contributed by atoms with van der Waals surface area (Å²) < 4.78 is 15.5. The maximum atomic E-state index is 13.2. The third kappa shape index (κ3) is 6.59. The Morgan fingerprint density at radius 3 is 2.22 bits per heavy atom. The predicted octanol–water partition coefficient (Wildman–Crippen LogP) is 6.09. The topological polar surface area (TPSA) is 88.8 Å². The number of rotatable bonds is 11. The molecule has 1 amide bonds. The van der Waals surface area contributed by atoms with E-state index in [1.807, 2.05) is 30.5 Å². The van der Waals surface area contributed by atoms with Crippen molar-refractivity contribution in [1.82, 2.24) is 23.9 Å². The van der Waals surface area contributed by atoms with Crippen molar-refractivity contribution in [2.24, 2.45) is 0 Å².